The molecule has 0 aliphatic heterocycles. The fourth-order valence-corrected chi connectivity index (χ4v) is 6.26. The van der Waals surface area contributed by atoms with E-state index in [2.05, 4.69) is 109 Å². The molecular weight excluding hydrogens is 459 g/mol. The summed E-state index contributed by atoms with van der Waals surface area (Å²) in [6, 6.07) is 4.68. The molecule has 2 nitrogen and oxygen atoms in total. The van der Waals surface area contributed by atoms with Gasteiger partial charge in [-0.25, -0.2) is 0 Å². The Morgan fingerprint density at radius 1 is 0.529 bits per heavy atom. The molecule has 34 heavy (non-hydrogen) atoms. The zero-order chi connectivity index (χ0) is 26.2. The topological polar surface area (TPSA) is 26.3 Å². The van der Waals surface area contributed by atoms with Crippen molar-refractivity contribution in [1.29, 1.82) is 0 Å². The van der Waals surface area contributed by atoms with Crippen LogP contribution in [0.25, 0.3) is 21.9 Å². The van der Waals surface area contributed by atoms with Gasteiger partial charge in [-0.05, 0) is 57.8 Å². The van der Waals surface area contributed by atoms with E-state index in [4.69, 9.17) is 19.6 Å². The molecule has 3 aromatic rings. The molecule has 2 aromatic carbocycles. The number of rotatable bonds is 0. The fraction of sp³-hybridized carbons (Fsp3) is 0.600. The first-order chi connectivity index (χ1) is 15.2. The Hall–Kier alpha value is -1.37. The summed E-state index contributed by atoms with van der Waals surface area (Å²) in [5, 5.41) is 2.29. The zero-order valence-corrected chi connectivity index (χ0v) is 25.4. The maximum atomic E-state index is 6.81. The molecule has 0 spiro atoms. The highest BCUT2D eigenvalue weighted by Gasteiger charge is 2.31. The summed E-state index contributed by atoms with van der Waals surface area (Å²) in [6.45, 7) is 31.7. The summed E-state index contributed by atoms with van der Waals surface area (Å²) in [6.07, 6.45) is 0. The van der Waals surface area contributed by atoms with Crippen molar-refractivity contribution < 1.29 is 8.39 Å². The van der Waals surface area contributed by atoms with E-state index in [0.717, 1.165) is 21.9 Å². The molecule has 1 aromatic heterocycles. The normalized spacial score (nSPS) is 13.7. The van der Waals surface area contributed by atoms with E-state index in [0.29, 0.717) is 0 Å². The Kier molecular flexibility index (Phi) is 6.68. The zero-order valence-electron chi connectivity index (χ0n) is 23.8. The second-order valence-corrected chi connectivity index (χ2v) is 15.6. The van der Waals surface area contributed by atoms with E-state index >= 15 is 0 Å². The van der Waals surface area contributed by atoms with Crippen molar-refractivity contribution in [2.75, 3.05) is 0 Å². The van der Waals surface area contributed by atoms with E-state index in [1.54, 1.807) is 0 Å². The van der Waals surface area contributed by atoms with Gasteiger partial charge in [0.15, 0.2) is 0 Å². The predicted molar refractivity (Wildman–Crippen MR) is 152 cm³/mol. The van der Waals surface area contributed by atoms with Crippen LogP contribution in [0.15, 0.2) is 20.5 Å². The lowest BCUT2D eigenvalue weighted by Gasteiger charge is -2.30. The van der Waals surface area contributed by atoms with Crippen molar-refractivity contribution in [2.24, 2.45) is 0 Å². The molecule has 3 rings (SSSR count). The van der Waals surface area contributed by atoms with Crippen LogP contribution >= 0.6 is 18.6 Å². The molecule has 188 valence electrons. The smallest absolute Gasteiger partial charge is 0.327 e. The van der Waals surface area contributed by atoms with Crippen LogP contribution in [-0.4, -0.2) is 0 Å². The van der Waals surface area contributed by atoms with Crippen molar-refractivity contribution in [1.82, 2.24) is 0 Å². The summed E-state index contributed by atoms with van der Waals surface area (Å²) >= 11 is 6.81. The summed E-state index contributed by atoms with van der Waals surface area (Å²) in [4.78, 5) is 0. The molecular formula is C30H44ClO2P. The highest BCUT2D eigenvalue weighted by molar-refractivity contribution is 7.68. The van der Waals surface area contributed by atoms with Crippen LogP contribution in [0.2, 0.25) is 0 Å². The number of hydrogen-bond donors (Lipinski definition) is 0. The first kappa shape index (κ1) is 27.2. The number of fused-ring (bicyclic) bond motifs is 3. The van der Waals surface area contributed by atoms with Crippen LogP contribution in [0.4, 0.5) is 0 Å². The maximum Gasteiger partial charge on any atom is 0.327 e. The van der Waals surface area contributed by atoms with Gasteiger partial charge in [-0.1, -0.05) is 95.2 Å². The monoisotopic (exact) mass is 502 g/mol. The van der Waals surface area contributed by atoms with Crippen molar-refractivity contribution in [3.63, 3.8) is 0 Å². The highest BCUT2D eigenvalue weighted by Crippen LogP contribution is 2.49. The van der Waals surface area contributed by atoms with E-state index in [9.17, 15) is 0 Å². The Morgan fingerprint density at radius 2 is 0.794 bits per heavy atom. The Morgan fingerprint density at radius 3 is 1.03 bits per heavy atom. The van der Waals surface area contributed by atoms with Gasteiger partial charge in [-0.3, -0.25) is 0 Å². The maximum absolute atomic E-state index is 6.81. The average molecular weight is 503 g/mol. The van der Waals surface area contributed by atoms with Crippen LogP contribution < -0.4 is 0 Å². The summed E-state index contributed by atoms with van der Waals surface area (Å²) in [5.41, 5.74) is 9.04. The van der Waals surface area contributed by atoms with E-state index < -0.39 is 7.37 Å². The van der Waals surface area contributed by atoms with Crippen molar-refractivity contribution in [3.05, 3.63) is 45.5 Å². The van der Waals surface area contributed by atoms with Crippen LogP contribution in [0.5, 0.6) is 0 Å². The van der Waals surface area contributed by atoms with Crippen LogP contribution in [-0.2, 0) is 21.7 Å². The van der Waals surface area contributed by atoms with Gasteiger partial charge in [0.1, 0.15) is 11.2 Å². The highest BCUT2D eigenvalue weighted by atomic mass is 35.7. The molecule has 0 saturated carbocycles. The molecule has 0 fully saturated rings. The van der Waals surface area contributed by atoms with Gasteiger partial charge >= 0.3 is 7.37 Å². The van der Waals surface area contributed by atoms with E-state index in [1.165, 1.54) is 33.4 Å². The molecule has 0 bridgehead atoms. The van der Waals surface area contributed by atoms with Gasteiger partial charge in [0, 0.05) is 33.1 Å². The molecule has 0 amide bonds. The SMILES string of the molecule is Cc1c(C(C)(C)C)cc(C(C)(C)C)c2op(Cl)oc3c(C(C)(C)C)cc(C(C)(C)C)c(C)c3c12. The second-order valence-electron chi connectivity index (χ2n) is 14.0. The number of benzene rings is 2. The van der Waals surface area contributed by atoms with Gasteiger partial charge in [0.05, 0.1) is 0 Å². The minimum absolute atomic E-state index is 0.0134. The van der Waals surface area contributed by atoms with Crippen molar-refractivity contribution >= 4 is 40.5 Å². The predicted octanol–water partition coefficient (Wildman–Crippen LogP) is 11.1. The largest absolute Gasteiger partial charge is 0.408 e. The molecule has 0 aliphatic carbocycles. The lowest BCUT2D eigenvalue weighted by atomic mass is 9.74. The molecule has 0 aliphatic rings. The summed E-state index contributed by atoms with van der Waals surface area (Å²) in [5.74, 6) is 0. The number of aryl methyl sites for hydroxylation is 2. The molecule has 1 heterocycles. The molecule has 0 atom stereocenters. The number of hydrogen-bond acceptors (Lipinski definition) is 2. The Labute approximate surface area is 212 Å². The van der Waals surface area contributed by atoms with Crippen molar-refractivity contribution in [3.8, 4) is 0 Å². The molecule has 0 radical (unpaired) electrons. The van der Waals surface area contributed by atoms with Crippen molar-refractivity contribution in [2.45, 2.75) is 119 Å². The summed E-state index contributed by atoms with van der Waals surface area (Å²) < 4.78 is 13.0. The van der Waals surface area contributed by atoms with Gasteiger partial charge in [0.25, 0.3) is 0 Å². The van der Waals surface area contributed by atoms with Gasteiger partial charge in [-0.2, -0.15) is 0 Å². The van der Waals surface area contributed by atoms with Gasteiger partial charge < -0.3 is 8.39 Å². The lowest BCUT2D eigenvalue weighted by Crippen LogP contribution is -2.19. The third-order valence-corrected chi connectivity index (χ3v) is 7.95. The second kappa shape index (κ2) is 8.35. The molecule has 4 heteroatoms. The summed E-state index contributed by atoms with van der Waals surface area (Å²) in [7, 11) is -1.65. The first-order valence-electron chi connectivity index (χ1n) is 12.3. The Balaban J connectivity index is 2.89. The molecule has 0 N–H and O–H groups in total. The lowest BCUT2D eigenvalue weighted by molar-refractivity contribution is 0.557. The molecule has 0 unspecified atom stereocenters. The average Bonchev–Trinajstić information content (AvgIpc) is 2.74. The fourth-order valence-electron chi connectivity index (χ4n) is 5.14. The van der Waals surface area contributed by atoms with Crippen LogP contribution in [0, 0.1) is 13.8 Å². The van der Waals surface area contributed by atoms with Gasteiger partial charge in [-0.15, -0.1) is 0 Å². The first-order valence-corrected chi connectivity index (χ1v) is 14.4. The number of halogens is 1. The van der Waals surface area contributed by atoms with Crippen LogP contribution in [0.3, 0.4) is 0 Å². The molecule has 0 saturated heterocycles. The third kappa shape index (κ3) is 4.83. The quantitative estimate of drug-likeness (QED) is 0.305. The van der Waals surface area contributed by atoms with Gasteiger partial charge in [0.2, 0.25) is 0 Å². The third-order valence-electron chi connectivity index (χ3n) is 6.89. The van der Waals surface area contributed by atoms with Crippen LogP contribution in [0.1, 0.15) is 116 Å². The Bertz CT molecular complexity index is 1200. The standard InChI is InChI=1S/C30H44ClO2P/c1-17-19(27(3,4)5)15-21(29(9,10)11)25-23(17)24-18(2)20(28(6,7)8)16-22(30(12,13)14)26(24)33-34(31)32-25/h15-16H,1-14H3. The minimum atomic E-state index is -1.65. The minimum Gasteiger partial charge on any atom is -0.408 e. The van der Waals surface area contributed by atoms with E-state index in [1.807, 2.05) is 0 Å². The van der Waals surface area contributed by atoms with E-state index in [-0.39, 0.29) is 21.7 Å².